The molecule has 0 radical (unpaired) electrons. The Bertz CT molecular complexity index is 1290. The van der Waals surface area contributed by atoms with Crippen molar-refractivity contribution in [2.24, 2.45) is 5.92 Å². The summed E-state index contributed by atoms with van der Waals surface area (Å²) >= 11 is 0. The topological polar surface area (TPSA) is 92.7 Å². The molecule has 1 atom stereocenters. The molecule has 0 aromatic heterocycles. The minimum absolute atomic E-state index is 0.266. The molecule has 3 aromatic rings. The zero-order valence-electron chi connectivity index (χ0n) is 21.4. The van der Waals surface area contributed by atoms with Crippen LogP contribution in [0.1, 0.15) is 30.4 Å². The Kier molecular flexibility index (Phi) is 7.68. The second-order valence-electron chi connectivity index (χ2n) is 10.5. The minimum atomic E-state index is -3.53. The Hall–Kier alpha value is -3.04. The molecule has 3 aromatic carbocycles. The molecule has 6 rings (SSSR count). The number of carbonyl (C=O) groups excluding carboxylic acids is 1. The number of rotatable bonds is 10. The fraction of sp³-hybridized carbons (Fsp3) is 0.367. The first-order valence-corrected chi connectivity index (χ1v) is 14.8. The molecular weight excluding hydrogens is 500 g/mol. The number of nitrogens with zero attached hydrogens (tertiary/aromatic N) is 1. The van der Waals surface area contributed by atoms with Crippen molar-refractivity contribution in [3.8, 4) is 0 Å². The summed E-state index contributed by atoms with van der Waals surface area (Å²) in [5.41, 5.74) is -0.936. The van der Waals surface area contributed by atoms with Gasteiger partial charge in [-0.1, -0.05) is 78.9 Å². The van der Waals surface area contributed by atoms with E-state index in [0.29, 0.717) is 30.6 Å². The van der Waals surface area contributed by atoms with Crippen molar-refractivity contribution in [1.82, 2.24) is 4.72 Å². The van der Waals surface area contributed by atoms with Crippen molar-refractivity contribution < 1.29 is 27.5 Å². The average molecular weight is 536 g/mol. The maximum Gasteiger partial charge on any atom is 0.348 e. The third-order valence-corrected chi connectivity index (χ3v) is 9.61. The summed E-state index contributed by atoms with van der Waals surface area (Å²) in [7, 11) is -3.53. The SMILES string of the molecule is O=C(O[C@H]1C[N+]2(CCCNS(=O)(=O)c3ccccc3)CCC1CC2)C(O)(c1ccccc1)c1ccccc1. The van der Waals surface area contributed by atoms with Gasteiger partial charge in [0.15, 0.2) is 6.10 Å². The van der Waals surface area contributed by atoms with E-state index in [1.165, 1.54) is 0 Å². The lowest BCUT2D eigenvalue weighted by molar-refractivity contribution is -0.946. The lowest BCUT2D eigenvalue weighted by Crippen LogP contribution is -2.65. The smallest absolute Gasteiger partial charge is 0.348 e. The van der Waals surface area contributed by atoms with Crippen molar-refractivity contribution >= 4 is 16.0 Å². The van der Waals surface area contributed by atoms with Crippen LogP contribution in [0.4, 0.5) is 0 Å². The molecule has 2 N–H and O–H groups in total. The Balaban J connectivity index is 1.25. The van der Waals surface area contributed by atoms with E-state index in [2.05, 4.69) is 4.72 Å². The number of hydrogen-bond acceptors (Lipinski definition) is 5. The van der Waals surface area contributed by atoms with Gasteiger partial charge < -0.3 is 14.3 Å². The summed E-state index contributed by atoms with van der Waals surface area (Å²) in [4.78, 5) is 13.9. The summed E-state index contributed by atoms with van der Waals surface area (Å²) in [5.74, 6) is -0.381. The fourth-order valence-electron chi connectivity index (χ4n) is 5.96. The summed E-state index contributed by atoms with van der Waals surface area (Å²) < 4.78 is 34.7. The Morgan fingerprint density at radius 1 is 0.895 bits per heavy atom. The molecule has 3 aliphatic rings. The highest BCUT2D eigenvalue weighted by Crippen LogP contribution is 2.38. The predicted molar refractivity (Wildman–Crippen MR) is 144 cm³/mol. The summed E-state index contributed by atoms with van der Waals surface area (Å²) in [6.07, 6.45) is 2.30. The van der Waals surface area contributed by atoms with Gasteiger partial charge in [0.1, 0.15) is 6.54 Å². The van der Waals surface area contributed by atoms with Crippen LogP contribution >= 0.6 is 0 Å². The van der Waals surface area contributed by atoms with E-state index in [4.69, 9.17) is 4.74 Å². The molecule has 0 unspecified atom stereocenters. The Labute approximate surface area is 224 Å². The van der Waals surface area contributed by atoms with Crippen LogP contribution in [-0.2, 0) is 25.2 Å². The largest absolute Gasteiger partial charge is 0.453 e. The minimum Gasteiger partial charge on any atom is -0.453 e. The van der Waals surface area contributed by atoms with Crippen LogP contribution in [0.5, 0.6) is 0 Å². The summed E-state index contributed by atoms with van der Waals surface area (Å²) in [6.45, 7) is 3.83. The van der Waals surface area contributed by atoms with Crippen LogP contribution in [0.15, 0.2) is 95.9 Å². The summed E-state index contributed by atoms with van der Waals surface area (Å²) in [6, 6.07) is 26.3. The number of hydrogen-bond donors (Lipinski definition) is 2. The molecule has 2 bridgehead atoms. The van der Waals surface area contributed by atoms with Gasteiger partial charge in [-0.2, -0.15) is 0 Å². The van der Waals surface area contributed by atoms with Crippen LogP contribution in [0, 0.1) is 5.92 Å². The van der Waals surface area contributed by atoms with Crippen molar-refractivity contribution in [2.45, 2.75) is 35.9 Å². The zero-order chi connectivity index (χ0) is 26.6. The third-order valence-electron chi connectivity index (χ3n) is 8.13. The molecule has 3 heterocycles. The van der Waals surface area contributed by atoms with E-state index in [1.807, 2.05) is 12.1 Å². The fourth-order valence-corrected chi connectivity index (χ4v) is 7.05. The number of carbonyl (C=O) groups is 1. The Morgan fingerprint density at radius 2 is 1.42 bits per heavy atom. The van der Waals surface area contributed by atoms with Gasteiger partial charge in [0.2, 0.25) is 15.6 Å². The number of sulfonamides is 1. The number of quaternary nitrogens is 1. The van der Waals surface area contributed by atoms with Gasteiger partial charge in [0.25, 0.3) is 0 Å². The van der Waals surface area contributed by atoms with Crippen LogP contribution in [0.2, 0.25) is 0 Å². The molecular formula is C30H35N2O5S+. The molecule has 0 aliphatic carbocycles. The third kappa shape index (κ3) is 5.40. The number of piperidine rings is 3. The van der Waals surface area contributed by atoms with Gasteiger partial charge in [-0.05, 0) is 23.3 Å². The van der Waals surface area contributed by atoms with Crippen molar-refractivity contribution in [3.63, 3.8) is 0 Å². The van der Waals surface area contributed by atoms with Gasteiger partial charge in [-0.15, -0.1) is 0 Å². The highest BCUT2D eigenvalue weighted by Gasteiger charge is 2.50. The van der Waals surface area contributed by atoms with Gasteiger partial charge in [0.05, 0.1) is 24.5 Å². The first-order chi connectivity index (χ1) is 18.3. The Morgan fingerprint density at radius 3 is 1.97 bits per heavy atom. The molecule has 0 saturated carbocycles. The molecule has 200 valence electrons. The van der Waals surface area contributed by atoms with Crippen molar-refractivity contribution in [1.29, 1.82) is 0 Å². The second kappa shape index (κ2) is 11.0. The molecule has 3 aliphatic heterocycles. The standard InChI is InChI=1S/C30H35N2O5S/c33-29(30(34,25-11-4-1-5-12-25)26-13-6-2-7-14-26)37-28-23-32(21-17-24(28)18-22-32)20-10-19-31-38(35,36)27-15-8-3-9-16-27/h1-9,11-16,24,28,31,34H,10,17-23H2/q+1/t24?,28-,32?/m0/s1. The first kappa shape index (κ1) is 26.6. The van der Waals surface area contributed by atoms with E-state index in [1.54, 1.807) is 78.9 Å². The van der Waals surface area contributed by atoms with Crippen LogP contribution in [0.3, 0.4) is 0 Å². The highest BCUT2D eigenvalue weighted by molar-refractivity contribution is 7.89. The lowest BCUT2D eigenvalue weighted by atomic mass is 9.82. The molecule has 38 heavy (non-hydrogen) atoms. The molecule has 7 nitrogen and oxygen atoms in total. The van der Waals surface area contributed by atoms with Crippen LogP contribution < -0.4 is 4.72 Å². The van der Waals surface area contributed by atoms with Crippen molar-refractivity contribution in [3.05, 3.63) is 102 Å². The number of benzene rings is 3. The first-order valence-electron chi connectivity index (χ1n) is 13.3. The molecule has 0 spiro atoms. The lowest BCUT2D eigenvalue weighted by Gasteiger charge is -2.52. The number of aliphatic hydroxyl groups is 1. The maximum atomic E-state index is 13.7. The van der Waals surface area contributed by atoms with Crippen LogP contribution in [0.25, 0.3) is 0 Å². The molecule has 0 amide bonds. The number of ether oxygens (including phenoxy) is 1. The van der Waals surface area contributed by atoms with Crippen molar-refractivity contribution in [2.75, 3.05) is 32.7 Å². The summed E-state index contributed by atoms with van der Waals surface area (Å²) in [5, 5.41) is 11.8. The predicted octanol–water partition coefficient (Wildman–Crippen LogP) is 3.44. The monoisotopic (exact) mass is 535 g/mol. The van der Waals surface area contributed by atoms with Gasteiger partial charge in [-0.25, -0.2) is 17.9 Å². The quantitative estimate of drug-likeness (QED) is 0.236. The van der Waals surface area contributed by atoms with E-state index >= 15 is 0 Å². The van der Waals surface area contributed by atoms with Crippen LogP contribution in [-0.4, -0.2) is 62.8 Å². The van der Waals surface area contributed by atoms with Gasteiger partial charge >= 0.3 is 5.97 Å². The van der Waals surface area contributed by atoms with E-state index in [-0.39, 0.29) is 16.9 Å². The zero-order valence-corrected chi connectivity index (χ0v) is 22.2. The second-order valence-corrected chi connectivity index (χ2v) is 12.3. The van der Waals surface area contributed by atoms with E-state index < -0.39 is 21.6 Å². The van der Waals surface area contributed by atoms with E-state index in [0.717, 1.165) is 37.0 Å². The normalized spacial score (nSPS) is 23.2. The van der Waals surface area contributed by atoms with E-state index in [9.17, 15) is 18.3 Å². The molecule has 8 heteroatoms. The maximum absolute atomic E-state index is 13.7. The number of esters is 1. The average Bonchev–Trinajstić information content (AvgIpc) is 2.97. The number of fused-ring (bicyclic) bond motifs is 3. The molecule has 3 fully saturated rings. The van der Waals surface area contributed by atoms with Gasteiger partial charge in [-0.3, -0.25) is 0 Å². The van der Waals surface area contributed by atoms with Gasteiger partial charge in [0, 0.05) is 31.7 Å². The highest BCUT2D eigenvalue weighted by atomic mass is 32.2. The molecule has 3 saturated heterocycles. The number of nitrogens with one attached hydrogen (secondary N) is 1.